The number of ether oxygens (including phenoxy) is 1. The third-order valence-electron chi connectivity index (χ3n) is 2.39. The Hall–Kier alpha value is -1.88. The zero-order valence-corrected chi connectivity index (χ0v) is 10.7. The van der Waals surface area contributed by atoms with Gasteiger partial charge in [-0.05, 0) is 18.2 Å². The van der Waals surface area contributed by atoms with Gasteiger partial charge in [-0.1, -0.05) is 6.07 Å². The molecule has 2 rings (SSSR count). The van der Waals surface area contributed by atoms with E-state index in [-0.39, 0.29) is 11.2 Å². The fourth-order valence-corrected chi connectivity index (χ4v) is 2.30. The van der Waals surface area contributed by atoms with Crippen LogP contribution in [0.2, 0.25) is 0 Å². The number of nitrogens with one attached hydrogen (secondary N) is 1. The van der Waals surface area contributed by atoms with E-state index in [1.165, 1.54) is 12.3 Å². The molecule has 0 amide bonds. The standard InChI is InChI=1S/C13H13NO3S/c1-17-10-3-2-4-11(6-10)18-8-9-5-12(15)13(16)7-14-9/h2-7,16H,8H2,1H3,(H,14,15). The number of H-pyrrole nitrogens is 1. The second-order valence-corrected chi connectivity index (χ2v) is 4.72. The summed E-state index contributed by atoms with van der Waals surface area (Å²) in [5, 5.41) is 9.13. The van der Waals surface area contributed by atoms with E-state index in [1.54, 1.807) is 18.9 Å². The molecule has 1 aromatic carbocycles. The number of aromatic nitrogens is 1. The summed E-state index contributed by atoms with van der Waals surface area (Å²) in [6, 6.07) is 9.12. The van der Waals surface area contributed by atoms with Crippen molar-refractivity contribution in [2.45, 2.75) is 10.6 Å². The summed E-state index contributed by atoms with van der Waals surface area (Å²) in [4.78, 5) is 15.2. The van der Waals surface area contributed by atoms with E-state index < -0.39 is 0 Å². The first kappa shape index (κ1) is 12.6. The molecule has 2 aromatic rings. The molecule has 0 spiro atoms. The minimum absolute atomic E-state index is 0.259. The SMILES string of the molecule is COc1cccc(SCc2cc(=O)c(O)c[nH]2)c1. The average molecular weight is 263 g/mol. The van der Waals surface area contributed by atoms with Crippen molar-refractivity contribution in [2.75, 3.05) is 7.11 Å². The maximum atomic E-state index is 11.3. The van der Waals surface area contributed by atoms with Gasteiger partial charge in [-0.3, -0.25) is 4.79 Å². The molecule has 0 aliphatic heterocycles. The van der Waals surface area contributed by atoms with Crippen molar-refractivity contribution in [3.05, 3.63) is 52.4 Å². The van der Waals surface area contributed by atoms with E-state index in [9.17, 15) is 4.79 Å². The van der Waals surface area contributed by atoms with E-state index >= 15 is 0 Å². The molecule has 0 atom stereocenters. The van der Waals surface area contributed by atoms with Crippen LogP contribution >= 0.6 is 11.8 Å². The summed E-state index contributed by atoms with van der Waals surface area (Å²) in [5.41, 5.74) is 0.403. The molecular formula is C13H13NO3S. The van der Waals surface area contributed by atoms with Crippen molar-refractivity contribution in [2.24, 2.45) is 0 Å². The highest BCUT2D eigenvalue weighted by Crippen LogP contribution is 2.25. The quantitative estimate of drug-likeness (QED) is 0.831. The molecule has 0 aliphatic carbocycles. The van der Waals surface area contributed by atoms with Gasteiger partial charge >= 0.3 is 0 Å². The van der Waals surface area contributed by atoms with Crippen LogP contribution in [-0.4, -0.2) is 17.2 Å². The Morgan fingerprint density at radius 1 is 1.39 bits per heavy atom. The largest absolute Gasteiger partial charge is 0.503 e. The molecule has 2 N–H and O–H groups in total. The van der Waals surface area contributed by atoms with E-state index in [1.807, 2.05) is 24.3 Å². The molecule has 0 saturated heterocycles. The number of rotatable bonds is 4. The average Bonchev–Trinajstić information content (AvgIpc) is 2.40. The zero-order chi connectivity index (χ0) is 13.0. The first-order chi connectivity index (χ1) is 8.69. The molecule has 0 fully saturated rings. The van der Waals surface area contributed by atoms with Gasteiger partial charge in [-0.15, -0.1) is 11.8 Å². The summed E-state index contributed by atoms with van der Waals surface area (Å²) in [6.07, 6.45) is 1.31. The minimum Gasteiger partial charge on any atom is -0.503 e. The Morgan fingerprint density at radius 3 is 2.94 bits per heavy atom. The number of thioether (sulfide) groups is 1. The van der Waals surface area contributed by atoms with Crippen molar-refractivity contribution < 1.29 is 9.84 Å². The highest BCUT2D eigenvalue weighted by atomic mass is 32.2. The number of benzene rings is 1. The van der Waals surface area contributed by atoms with Crippen LogP contribution < -0.4 is 10.2 Å². The van der Waals surface area contributed by atoms with Gasteiger partial charge in [0.1, 0.15) is 5.75 Å². The highest BCUT2D eigenvalue weighted by molar-refractivity contribution is 7.98. The molecular weight excluding hydrogens is 250 g/mol. The summed E-state index contributed by atoms with van der Waals surface area (Å²) in [6.45, 7) is 0. The number of hydrogen-bond acceptors (Lipinski definition) is 4. The Labute approximate surface area is 109 Å². The Morgan fingerprint density at radius 2 is 2.22 bits per heavy atom. The van der Waals surface area contributed by atoms with Crippen molar-refractivity contribution in [3.63, 3.8) is 0 Å². The van der Waals surface area contributed by atoms with Gasteiger partial charge in [0, 0.05) is 28.6 Å². The molecule has 0 aliphatic rings. The molecule has 0 saturated carbocycles. The molecule has 4 nitrogen and oxygen atoms in total. The van der Waals surface area contributed by atoms with E-state index in [0.717, 1.165) is 16.3 Å². The van der Waals surface area contributed by atoms with Crippen LogP contribution in [0.1, 0.15) is 5.69 Å². The number of aromatic hydroxyl groups is 1. The predicted molar refractivity (Wildman–Crippen MR) is 71.3 cm³/mol. The molecule has 18 heavy (non-hydrogen) atoms. The van der Waals surface area contributed by atoms with Crippen LogP contribution in [0.25, 0.3) is 0 Å². The monoisotopic (exact) mass is 263 g/mol. The van der Waals surface area contributed by atoms with Crippen LogP contribution in [0.3, 0.4) is 0 Å². The van der Waals surface area contributed by atoms with Crippen LogP contribution in [0.5, 0.6) is 11.5 Å². The van der Waals surface area contributed by atoms with E-state index in [2.05, 4.69) is 4.98 Å². The van der Waals surface area contributed by atoms with Gasteiger partial charge in [0.15, 0.2) is 5.75 Å². The number of hydrogen-bond donors (Lipinski definition) is 2. The molecule has 1 aromatic heterocycles. The van der Waals surface area contributed by atoms with E-state index in [4.69, 9.17) is 9.84 Å². The summed E-state index contributed by atoms with van der Waals surface area (Å²) in [5.74, 6) is 1.17. The van der Waals surface area contributed by atoms with Crippen LogP contribution in [0, 0.1) is 0 Å². The minimum atomic E-state index is -0.366. The topological polar surface area (TPSA) is 62.3 Å². The number of methoxy groups -OCH3 is 1. The zero-order valence-electron chi connectivity index (χ0n) is 9.84. The van der Waals surface area contributed by atoms with Gasteiger partial charge in [0.25, 0.3) is 0 Å². The maximum Gasteiger partial charge on any atom is 0.223 e. The van der Waals surface area contributed by atoms with Gasteiger partial charge in [0.2, 0.25) is 5.43 Å². The van der Waals surface area contributed by atoms with Gasteiger partial charge < -0.3 is 14.8 Å². The highest BCUT2D eigenvalue weighted by Gasteiger charge is 2.01. The Balaban J connectivity index is 2.06. The lowest BCUT2D eigenvalue weighted by Crippen LogP contribution is -2.01. The summed E-state index contributed by atoms with van der Waals surface area (Å²) in [7, 11) is 1.63. The lowest BCUT2D eigenvalue weighted by atomic mass is 10.3. The van der Waals surface area contributed by atoms with Gasteiger partial charge in [-0.25, -0.2) is 0 Å². The predicted octanol–water partition coefficient (Wildman–Crippen LogP) is 2.38. The van der Waals surface area contributed by atoms with Crippen LogP contribution in [-0.2, 0) is 5.75 Å². The second-order valence-electron chi connectivity index (χ2n) is 3.68. The van der Waals surface area contributed by atoms with E-state index in [0.29, 0.717) is 5.75 Å². The van der Waals surface area contributed by atoms with Crippen molar-refractivity contribution in [1.29, 1.82) is 0 Å². The molecule has 5 heteroatoms. The van der Waals surface area contributed by atoms with Crippen molar-refractivity contribution in [1.82, 2.24) is 4.98 Å². The van der Waals surface area contributed by atoms with Crippen LogP contribution in [0.4, 0.5) is 0 Å². The maximum absolute atomic E-state index is 11.3. The first-order valence-corrected chi connectivity index (χ1v) is 6.35. The summed E-state index contributed by atoms with van der Waals surface area (Å²) < 4.78 is 5.14. The molecule has 0 unspecified atom stereocenters. The fourth-order valence-electron chi connectivity index (χ4n) is 1.44. The third kappa shape index (κ3) is 3.07. The molecule has 1 heterocycles. The normalized spacial score (nSPS) is 10.3. The van der Waals surface area contributed by atoms with Crippen molar-refractivity contribution >= 4 is 11.8 Å². The Bertz CT molecular complexity index is 595. The smallest absolute Gasteiger partial charge is 0.223 e. The molecule has 0 radical (unpaired) electrons. The summed E-state index contributed by atoms with van der Waals surface area (Å²) >= 11 is 1.59. The van der Waals surface area contributed by atoms with Crippen molar-refractivity contribution in [3.8, 4) is 11.5 Å². The van der Waals surface area contributed by atoms with Gasteiger partial charge in [-0.2, -0.15) is 0 Å². The number of aromatic amines is 1. The molecule has 0 bridgehead atoms. The number of pyridine rings is 1. The fraction of sp³-hybridized carbons (Fsp3) is 0.154. The van der Waals surface area contributed by atoms with Gasteiger partial charge in [0.05, 0.1) is 7.11 Å². The molecule has 94 valence electrons. The second kappa shape index (κ2) is 5.64. The lowest BCUT2D eigenvalue weighted by molar-refractivity contribution is 0.413. The van der Waals surface area contributed by atoms with Crippen LogP contribution in [0.15, 0.2) is 46.2 Å². The third-order valence-corrected chi connectivity index (χ3v) is 3.43. The lowest BCUT2D eigenvalue weighted by Gasteiger charge is -2.04. The first-order valence-electron chi connectivity index (χ1n) is 5.36. The Kier molecular flexibility index (Phi) is 3.94.